The first-order chi connectivity index (χ1) is 7.68. The molecule has 0 saturated carbocycles. The summed E-state index contributed by atoms with van der Waals surface area (Å²) in [4.78, 5) is 0.389. The van der Waals surface area contributed by atoms with Crippen molar-refractivity contribution in [3.8, 4) is 0 Å². The molecule has 0 aliphatic rings. The molecule has 84 valence electrons. The Bertz CT molecular complexity index is 463. The normalized spacial score (nSPS) is 12.7. The fourth-order valence-electron chi connectivity index (χ4n) is 1.69. The predicted octanol–water partition coefficient (Wildman–Crippen LogP) is 5.50. The van der Waals surface area contributed by atoms with E-state index in [2.05, 4.69) is 73.8 Å². The van der Waals surface area contributed by atoms with Gasteiger partial charge in [0.25, 0.3) is 0 Å². The first-order valence-electron chi connectivity index (χ1n) is 5.08. The molecular formula is C13H12Br2S. The highest BCUT2D eigenvalue weighted by atomic mass is 79.9. The number of benzene rings is 1. The van der Waals surface area contributed by atoms with Crippen molar-refractivity contribution < 1.29 is 0 Å². The summed E-state index contributed by atoms with van der Waals surface area (Å²) in [7, 11) is 0. The molecule has 0 radical (unpaired) electrons. The number of alkyl halides is 1. The Labute approximate surface area is 117 Å². The van der Waals surface area contributed by atoms with Crippen molar-refractivity contribution in [1.82, 2.24) is 0 Å². The van der Waals surface area contributed by atoms with E-state index in [9.17, 15) is 0 Å². The topological polar surface area (TPSA) is 0 Å². The van der Waals surface area contributed by atoms with Gasteiger partial charge in [-0.25, -0.2) is 0 Å². The summed E-state index contributed by atoms with van der Waals surface area (Å²) in [5.41, 5.74) is 4.08. The van der Waals surface area contributed by atoms with Crippen LogP contribution in [0.2, 0.25) is 0 Å². The van der Waals surface area contributed by atoms with Crippen molar-refractivity contribution >= 4 is 43.2 Å². The Morgan fingerprint density at radius 2 is 2.12 bits per heavy atom. The van der Waals surface area contributed by atoms with Crippen molar-refractivity contribution in [3.63, 3.8) is 0 Å². The first-order valence-corrected chi connectivity index (χ1v) is 7.74. The van der Waals surface area contributed by atoms with Crippen molar-refractivity contribution in [2.75, 3.05) is 0 Å². The third kappa shape index (κ3) is 2.76. The molecule has 1 heterocycles. The van der Waals surface area contributed by atoms with Gasteiger partial charge in [0, 0.05) is 9.30 Å². The maximum absolute atomic E-state index is 3.78. The number of rotatable bonds is 3. The lowest BCUT2D eigenvalue weighted by atomic mass is 10.0. The van der Waals surface area contributed by atoms with Crippen LogP contribution < -0.4 is 0 Å². The van der Waals surface area contributed by atoms with Gasteiger partial charge in [0.15, 0.2) is 0 Å². The zero-order valence-corrected chi connectivity index (χ0v) is 12.9. The van der Waals surface area contributed by atoms with E-state index >= 15 is 0 Å². The minimum Gasteiger partial charge on any atom is -0.152 e. The van der Waals surface area contributed by atoms with E-state index in [4.69, 9.17) is 0 Å². The Hall–Kier alpha value is -0.120. The van der Waals surface area contributed by atoms with Gasteiger partial charge in [0.05, 0.1) is 0 Å². The van der Waals surface area contributed by atoms with Gasteiger partial charge in [-0.1, -0.05) is 44.0 Å². The van der Waals surface area contributed by atoms with Crippen molar-refractivity contribution in [2.24, 2.45) is 0 Å². The van der Waals surface area contributed by atoms with E-state index in [0.717, 1.165) is 6.42 Å². The van der Waals surface area contributed by atoms with Crippen LogP contribution in [0.25, 0.3) is 0 Å². The Morgan fingerprint density at radius 3 is 2.81 bits per heavy atom. The third-order valence-electron chi connectivity index (χ3n) is 2.64. The summed E-state index contributed by atoms with van der Waals surface area (Å²) in [6, 6.07) is 8.55. The van der Waals surface area contributed by atoms with Gasteiger partial charge in [-0.3, -0.25) is 0 Å². The molecule has 0 fully saturated rings. The standard InChI is InChI=1S/C13H12Br2S/c1-9-11(3-2-4-12(9)14)13(15)7-10-5-6-16-8-10/h2-6,8,13H,7H2,1H3. The van der Waals surface area contributed by atoms with Gasteiger partial charge in [-0.15, -0.1) is 0 Å². The van der Waals surface area contributed by atoms with Gasteiger partial charge < -0.3 is 0 Å². The Balaban J connectivity index is 2.21. The van der Waals surface area contributed by atoms with Crippen LogP contribution in [-0.4, -0.2) is 0 Å². The summed E-state index contributed by atoms with van der Waals surface area (Å²) in [5, 5.41) is 4.34. The number of hydrogen-bond donors (Lipinski definition) is 0. The summed E-state index contributed by atoms with van der Waals surface area (Å²) in [5.74, 6) is 0. The maximum atomic E-state index is 3.78. The van der Waals surface area contributed by atoms with Crippen LogP contribution in [0.15, 0.2) is 39.5 Å². The molecule has 3 heteroatoms. The lowest BCUT2D eigenvalue weighted by molar-refractivity contribution is 0.941. The van der Waals surface area contributed by atoms with E-state index in [0.29, 0.717) is 4.83 Å². The highest BCUT2D eigenvalue weighted by molar-refractivity contribution is 9.10. The van der Waals surface area contributed by atoms with E-state index in [1.165, 1.54) is 21.2 Å². The molecule has 1 aromatic heterocycles. The third-order valence-corrected chi connectivity index (χ3v) is 5.05. The summed E-state index contributed by atoms with van der Waals surface area (Å²) in [6.45, 7) is 2.15. The second-order valence-corrected chi connectivity index (χ2v) is 6.50. The second kappa shape index (κ2) is 5.48. The first kappa shape index (κ1) is 12.3. The lowest BCUT2D eigenvalue weighted by Gasteiger charge is -2.13. The molecule has 2 rings (SSSR count). The van der Waals surface area contributed by atoms with Crippen LogP contribution in [0.4, 0.5) is 0 Å². The molecule has 1 aromatic carbocycles. The lowest BCUT2D eigenvalue weighted by Crippen LogP contribution is -1.97. The van der Waals surface area contributed by atoms with Crippen LogP contribution >= 0.6 is 43.2 Å². The minimum atomic E-state index is 0.389. The zero-order valence-electron chi connectivity index (χ0n) is 8.91. The van der Waals surface area contributed by atoms with E-state index < -0.39 is 0 Å². The molecular weight excluding hydrogens is 348 g/mol. The van der Waals surface area contributed by atoms with E-state index in [-0.39, 0.29) is 0 Å². The maximum Gasteiger partial charge on any atom is 0.0438 e. The molecule has 0 aliphatic carbocycles. The molecule has 16 heavy (non-hydrogen) atoms. The highest BCUT2D eigenvalue weighted by Gasteiger charge is 2.12. The average Bonchev–Trinajstić information content (AvgIpc) is 2.74. The molecule has 0 N–H and O–H groups in total. The SMILES string of the molecule is Cc1c(Br)cccc1C(Br)Cc1ccsc1. The van der Waals surface area contributed by atoms with Gasteiger partial charge in [-0.2, -0.15) is 11.3 Å². The fourth-order valence-corrected chi connectivity index (χ4v) is 3.62. The largest absolute Gasteiger partial charge is 0.152 e. The smallest absolute Gasteiger partial charge is 0.0438 e. The van der Waals surface area contributed by atoms with Crippen LogP contribution in [0.3, 0.4) is 0 Å². The van der Waals surface area contributed by atoms with Crippen molar-refractivity contribution in [3.05, 3.63) is 56.2 Å². The molecule has 0 spiro atoms. The fraction of sp³-hybridized carbons (Fsp3) is 0.231. The number of halogens is 2. The summed E-state index contributed by atoms with van der Waals surface area (Å²) in [6.07, 6.45) is 1.04. The molecule has 1 unspecified atom stereocenters. The molecule has 1 atom stereocenters. The molecule has 0 bridgehead atoms. The molecule has 0 saturated heterocycles. The second-order valence-electron chi connectivity index (χ2n) is 3.76. The van der Waals surface area contributed by atoms with Crippen molar-refractivity contribution in [2.45, 2.75) is 18.2 Å². The van der Waals surface area contributed by atoms with Crippen LogP contribution in [0, 0.1) is 6.92 Å². The van der Waals surface area contributed by atoms with Crippen LogP contribution in [-0.2, 0) is 6.42 Å². The summed E-state index contributed by atoms with van der Waals surface area (Å²) >= 11 is 9.10. The Kier molecular flexibility index (Phi) is 4.22. The molecule has 0 aliphatic heterocycles. The highest BCUT2D eigenvalue weighted by Crippen LogP contribution is 2.32. The van der Waals surface area contributed by atoms with Gasteiger partial charge in [-0.05, 0) is 52.9 Å². The van der Waals surface area contributed by atoms with E-state index in [1.54, 1.807) is 11.3 Å². The van der Waals surface area contributed by atoms with Gasteiger partial charge in [0.2, 0.25) is 0 Å². The van der Waals surface area contributed by atoms with E-state index in [1.807, 2.05) is 0 Å². The quantitative estimate of drug-likeness (QED) is 0.635. The number of hydrogen-bond acceptors (Lipinski definition) is 1. The molecule has 2 aromatic rings. The van der Waals surface area contributed by atoms with Crippen molar-refractivity contribution in [1.29, 1.82) is 0 Å². The summed E-state index contributed by atoms with van der Waals surface area (Å²) < 4.78 is 1.18. The zero-order chi connectivity index (χ0) is 11.5. The Morgan fingerprint density at radius 1 is 1.31 bits per heavy atom. The predicted molar refractivity (Wildman–Crippen MR) is 78.6 cm³/mol. The van der Waals surface area contributed by atoms with Crippen LogP contribution in [0.5, 0.6) is 0 Å². The minimum absolute atomic E-state index is 0.389. The van der Waals surface area contributed by atoms with Crippen LogP contribution in [0.1, 0.15) is 21.5 Å². The monoisotopic (exact) mass is 358 g/mol. The molecule has 0 nitrogen and oxygen atoms in total. The molecule has 0 amide bonds. The van der Waals surface area contributed by atoms with Gasteiger partial charge >= 0.3 is 0 Å². The number of thiophene rings is 1. The van der Waals surface area contributed by atoms with Gasteiger partial charge in [0.1, 0.15) is 0 Å². The average molecular weight is 360 g/mol.